The van der Waals surface area contributed by atoms with Crippen molar-refractivity contribution in [2.75, 3.05) is 18.0 Å². The molecule has 0 unspecified atom stereocenters. The highest BCUT2D eigenvalue weighted by atomic mass is 35.5. The first-order valence-corrected chi connectivity index (χ1v) is 10.3. The van der Waals surface area contributed by atoms with E-state index in [-0.39, 0.29) is 22.3 Å². The maximum Gasteiger partial charge on any atom is 0.326 e. The normalized spacial score (nSPS) is 15.0. The van der Waals surface area contributed by atoms with E-state index in [0.717, 1.165) is 23.9 Å². The largest absolute Gasteiger partial charge is 0.369 e. The summed E-state index contributed by atoms with van der Waals surface area (Å²) in [6, 6.07) is 17.0. The fourth-order valence-electron chi connectivity index (χ4n) is 4.20. The zero-order valence-corrected chi connectivity index (χ0v) is 16.9. The van der Waals surface area contributed by atoms with Crippen LogP contribution in [0.15, 0.2) is 70.4 Å². The number of H-pyrrole nitrogens is 1. The third-order valence-corrected chi connectivity index (χ3v) is 6.05. The van der Waals surface area contributed by atoms with Crippen LogP contribution in [0.2, 0.25) is 5.02 Å². The fraction of sp³-hybridized carbons (Fsp3) is 0.227. The lowest BCUT2D eigenvalue weighted by molar-refractivity contribution is 0.396. The van der Waals surface area contributed by atoms with Gasteiger partial charge in [-0.1, -0.05) is 41.9 Å². The van der Waals surface area contributed by atoms with Crippen LogP contribution in [0.3, 0.4) is 0 Å². The lowest BCUT2D eigenvalue weighted by Gasteiger charge is -2.34. The smallest absolute Gasteiger partial charge is 0.326 e. The Balaban J connectivity index is 1.39. The minimum absolute atomic E-state index is 0.0835. The molecule has 5 rings (SSSR count). The van der Waals surface area contributed by atoms with Crippen molar-refractivity contribution in [3.63, 3.8) is 0 Å². The van der Waals surface area contributed by atoms with Crippen molar-refractivity contribution in [1.82, 2.24) is 19.3 Å². The quantitative estimate of drug-likeness (QED) is 0.550. The lowest BCUT2D eigenvalue weighted by atomic mass is 10.0. The van der Waals surface area contributed by atoms with E-state index in [0.29, 0.717) is 24.5 Å². The van der Waals surface area contributed by atoms with Gasteiger partial charge < -0.3 is 9.88 Å². The number of hydrogen-bond acceptors (Lipinski definition) is 4. The number of benzene rings is 2. The maximum atomic E-state index is 12.8. The summed E-state index contributed by atoms with van der Waals surface area (Å²) in [7, 11) is 0. The number of aromatic amines is 1. The topological polar surface area (TPSA) is 75.9 Å². The minimum atomic E-state index is -0.338. The summed E-state index contributed by atoms with van der Waals surface area (Å²) in [6.07, 6.45) is 3.20. The highest BCUT2D eigenvalue weighted by Gasteiger charge is 2.26. The van der Waals surface area contributed by atoms with Gasteiger partial charge in [0.2, 0.25) is 0 Å². The number of aromatic nitrogens is 4. The molecule has 2 aromatic heterocycles. The van der Waals surface area contributed by atoms with E-state index in [9.17, 15) is 9.59 Å². The van der Waals surface area contributed by atoms with Gasteiger partial charge in [0, 0.05) is 19.1 Å². The molecular weight excluding hydrogens is 402 g/mol. The summed E-state index contributed by atoms with van der Waals surface area (Å²) < 4.78 is 3.16. The number of rotatable bonds is 3. The van der Waals surface area contributed by atoms with Crippen LogP contribution in [0.1, 0.15) is 18.9 Å². The summed E-state index contributed by atoms with van der Waals surface area (Å²) in [5.74, 6) is 0. The SMILES string of the molecule is O=c1c(Cl)c(N2CCC(n3c(=O)[nH]c4ccccc43)CC2)cnn1-c1ccccc1. The molecule has 2 aromatic carbocycles. The number of imidazole rings is 1. The Morgan fingerprint density at radius 3 is 2.43 bits per heavy atom. The lowest BCUT2D eigenvalue weighted by Crippen LogP contribution is -2.38. The van der Waals surface area contributed by atoms with Crippen molar-refractivity contribution < 1.29 is 0 Å². The van der Waals surface area contributed by atoms with Crippen molar-refractivity contribution in [1.29, 1.82) is 0 Å². The van der Waals surface area contributed by atoms with Gasteiger partial charge in [-0.05, 0) is 37.1 Å². The molecule has 3 heterocycles. The second-order valence-electron chi connectivity index (χ2n) is 7.43. The molecule has 8 heteroatoms. The van der Waals surface area contributed by atoms with Crippen LogP contribution in [0.5, 0.6) is 0 Å². The molecule has 7 nitrogen and oxygen atoms in total. The molecule has 0 aliphatic carbocycles. The van der Waals surface area contributed by atoms with Gasteiger partial charge >= 0.3 is 5.69 Å². The first-order valence-electron chi connectivity index (χ1n) is 9.91. The van der Waals surface area contributed by atoms with Gasteiger partial charge in [0.15, 0.2) is 0 Å². The molecule has 1 saturated heterocycles. The molecule has 1 fully saturated rings. The van der Waals surface area contributed by atoms with Gasteiger partial charge in [-0.2, -0.15) is 9.78 Å². The molecule has 1 N–H and O–H groups in total. The number of nitrogens with one attached hydrogen (secondary N) is 1. The van der Waals surface area contributed by atoms with Gasteiger partial charge in [0.1, 0.15) is 5.02 Å². The summed E-state index contributed by atoms with van der Waals surface area (Å²) in [5, 5.41) is 4.49. The second kappa shape index (κ2) is 7.50. The highest BCUT2D eigenvalue weighted by Crippen LogP contribution is 2.30. The van der Waals surface area contributed by atoms with E-state index in [1.54, 1.807) is 6.20 Å². The van der Waals surface area contributed by atoms with Crippen LogP contribution >= 0.6 is 11.6 Å². The van der Waals surface area contributed by atoms with Crippen LogP contribution in [0.25, 0.3) is 16.7 Å². The average Bonchev–Trinajstić information content (AvgIpc) is 3.12. The van der Waals surface area contributed by atoms with E-state index < -0.39 is 0 Å². The maximum absolute atomic E-state index is 12.8. The van der Waals surface area contributed by atoms with E-state index in [1.165, 1.54) is 4.68 Å². The molecule has 152 valence electrons. The number of para-hydroxylation sites is 3. The van der Waals surface area contributed by atoms with Gasteiger partial charge in [0.05, 0.1) is 28.6 Å². The summed E-state index contributed by atoms with van der Waals surface area (Å²) in [5.41, 5.74) is 2.66. The minimum Gasteiger partial charge on any atom is -0.369 e. The van der Waals surface area contributed by atoms with Crippen molar-refractivity contribution in [2.45, 2.75) is 18.9 Å². The van der Waals surface area contributed by atoms with Crippen LogP contribution in [0.4, 0.5) is 5.69 Å². The molecule has 0 atom stereocenters. The summed E-state index contributed by atoms with van der Waals surface area (Å²) in [4.78, 5) is 30.2. The molecule has 4 aromatic rings. The van der Waals surface area contributed by atoms with Crippen LogP contribution in [-0.4, -0.2) is 32.4 Å². The van der Waals surface area contributed by atoms with E-state index in [2.05, 4.69) is 15.0 Å². The van der Waals surface area contributed by atoms with Crippen LogP contribution in [-0.2, 0) is 0 Å². The standard InChI is InChI=1S/C22H20ClN5O2/c23-20-19(14-24-28(21(20)29)16-6-2-1-3-7-16)26-12-10-15(11-13-26)27-18-9-5-4-8-17(18)25-22(27)30/h1-9,14-15H,10-13H2,(H,25,30). The number of anilines is 1. The number of hydrogen-bond donors (Lipinski definition) is 1. The van der Waals surface area contributed by atoms with Crippen molar-refractivity contribution >= 4 is 28.3 Å². The van der Waals surface area contributed by atoms with E-state index in [1.807, 2.05) is 59.2 Å². The third kappa shape index (κ3) is 3.11. The van der Waals surface area contributed by atoms with Crippen molar-refractivity contribution in [2.24, 2.45) is 0 Å². The molecule has 0 saturated carbocycles. The molecule has 30 heavy (non-hydrogen) atoms. The Kier molecular flexibility index (Phi) is 4.67. The Morgan fingerprint density at radius 2 is 1.67 bits per heavy atom. The van der Waals surface area contributed by atoms with Gasteiger partial charge in [0.25, 0.3) is 5.56 Å². The molecule has 1 aliphatic heterocycles. The monoisotopic (exact) mass is 421 g/mol. The predicted molar refractivity (Wildman–Crippen MR) is 118 cm³/mol. The predicted octanol–water partition coefficient (Wildman–Crippen LogP) is 3.37. The fourth-order valence-corrected chi connectivity index (χ4v) is 4.45. The number of nitrogens with zero attached hydrogens (tertiary/aromatic N) is 4. The summed E-state index contributed by atoms with van der Waals surface area (Å²) in [6.45, 7) is 1.37. The molecule has 0 bridgehead atoms. The first kappa shape index (κ1) is 18.7. The Hall–Kier alpha value is -3.32. The first-order chi connectivity index (χ1) is 14.6. The van der Waals surface area contributed by atoms with Crippen LogP contribution < -0.4 is 16.1 Å². The zero-order valence-electron chi connectivity index (χ0n) is 16.2. The number of fused-ring (bicyclic) bond motifs is 1. The third-order valence-electron chi connectivity index (χ3n) is 5.70. The average molecular weight is 422 g/mol. The van der Waals surface area contributed by atoms with Crippen molar-refractivity contribution in [3.05, 3.63) is 86.7 Å². The zero-order chi connectivity index (χ0) is 20.7. The van der Waals surface area contributed by atoms with Gasteiger partial charge in [-0.25, -0.2) is 4.79 Å². The van der Waals surface area contributed by atoms with Gasteiger partial charge in [-0.3, -0.25) is 9.36 Å². The molecule has 0 spiro atoms. The van der Waals surface area contributed by atoms with E-state index >= 15 is 0 Å². The van der Waals surface area contributed by atoms with E-state index in [4.69, 9.17) is 11.6 Å². The second-order valence-corrected chi connectivity index (χ2v) is 7.81. The Morgan fingerprint density at radius 1 is 0.967 bits per heavy atom. The molecule has 0 amide bonds. The van der Waals surface area contributed by atoms with Gasteiger partial charge in [-0.15, -0.1) is 0 Å². The number of piperidine rings is 1. The Labute approximate surface area is 177 Å². The molecule has 0 radical (unpaired) electrons. The summed E-state index contributed by atoms with van der Waals surface area (Å²) >= 11 is 6.45. The Bertz CT molecular complexity index is 1320. The van der Waals surface area contributed by atoms with Crippen LogP contribution in [0, 0.1) is 0 Å². The molecular formula is C22H20ClN5O2. The number of halogens is 1. The van der Waals surface area contributed by atoms with Crippen molar-refractivity contribution in [3.8, 4) is 5.69 Å². The molecule has 1 aliphatic rings. The highest BCUT2D eigenvalue weighted by molar-refractivity contribution is 6.33.